The smallest absolute Gasteiger partial charge is 0.343 e. The summed E-state index contributed by atoms with van der Waals surface area (Å²) < 4.78 is 32.8. The van der Waals surface area contributed by atoms with Crippen molar-refractivity contribution in [2.45, 2.75) is 17.4 Å². The van der Waals surface area contributed by atoms with E-state index in [-0.39, 0.29) is 28.5 Å². The van der Waals surface area contributed by atoms with Crippen molar-refractivity contribution in [3.63, 3.8) is 0 Å². The summed E-state index contributed by atoms with van der Waals surface area (Å²) in [7, 11) is -4.14. The molecule has 0 aliphatic carbocycles. The lowest BCUT2D eigenvalue weighted by molar-refractivity contribution is -0.138. The number of benzene rings is 3. The lowest BCUT2D eigenvalue weighted by Gasteiger charge is -2.15. The average Bonchev–Trinajstić information content (AvgIpc) is 2.79. The van der Waals surface area contributed by atoms with E-state index >= 15 is 0 Å². The maximum Gasteiger partial charge on any atom is 0.343 e. The molecule has 9 nitrogen and oxygen atoms in total. The Morgan fingerprint density at radius 3 is 2.06 bits per heavy atom. The molecule has 0 fully saturated rings. The van der Waals surface area contributed by atoms with Crippen LogP contribution in [0.4, 0.5) is 0 Å². The van der Waals surface area contributed by atoms with E-state index < -0.39 is 28.0 Å². The van der Waals surface area contributed by atoms with Gasteiger partial charge in [-0.1, -0.05) is 42.5 Å². The number of hydrogen-bond donors (Lipinski definition) is 4. The van der Waals surface area contributed by atoms with E-state index in [1.54, 1.807) is 30.3 Å². The highest BCUT2D eigenvalue weighted by molar-refractivity contribution is 7.89. The van der Waals surface area contributed by atoms with Gasteiger partial charge in [-0.25, -0.2) is 13.2 Å². The number of esters is 1. The Hall–Kier alpha value is -4.02. The third-order valence-electron chi connectivity index (χ3n) is 4.65. The lowest BCUT2D eigenvalue weighted by Crippen LogP contribution is -2.42. The summed E-state index contributed by atoms with van der Waals surface area (Å²) in [6.45, 7) is 0. The molecular formula is C23H21N3O6S. The van der Waals surface area contributed by atoms with Gasteiger partial charge in [0.05, 0.1) is 10.5 Å². The van der Waals surface area contributed by atoms with Gasteiger partial charge < -0.3 is 15.6 Å². The van der Waals surface area contributed by atoms with Crippen LogP contribution in [0.15, 0.2) is 83.8 Å². The number of rotatable bonds is 9. The molecule has 170 valence electrons. The van der Waals surface area contributed by atoms with Crippen LogP contribution in [0.5, 0.6) is 5.75 Å². The van der Waals surface area contributed by atoms with E-state index in [4.69, 9.17) is 15.9 Å². The number of sulfonamides is 1. The molecular weight excluding hydrogens is 446 g/mol. The first kappa shape index (κ1) is 23.6. The molecule has 3 aromatic carbocycles. The highest BCUT2D eigenvalue weighted by Gasteiger charge is 2.25. The van der Waals surface area contributed by atoms with Crippen LogP contribution in [0.3, 0.4) is 0 Å². The molecule has 3 aromatic rings. The van der Waals surface area contributed by atoms with Crippen LogP contribution in [0.1, 0.15) is 21.5 Å². The molecule has 10 heteroatoms. The molecule has 0 aromatic heterocycles. The molecule has 0 radical (unpaired) electrons. The monoisotopic (exact) mass is 467 g/mol. The third kappa shape index (κ3) is 6.25. The van der Waals surface area contributed by atoms with E-state index in [1.165, 1.54) is 48.5 Å². The molecule has 0 saturated heterocycles. The zero-order chi connectivity index (χ0) is 24.0. The second-order valence-electron chi connectivity index (χ2n) is 7.05. The van der Waals surface area contributed by atoms with Crippen molar-refractivity contribution in [3.8, 4) is 5.75 Å². The predicted molar refractivity (Wildman–Crippen MR) is 121 cm³/mol. The Balaban J connectivity index is 1.69. The minimum absolute atomic E-state index is 0.0203. The van der Waals surface area contributed by atoms with Gasteiger partial charge in [0, 0.05) is 5.56 Å². The van der Waals surface area contributed by atoms with Gasteiger partial charge in [0.2, 0.25) is 10.0 Å². The second-order valence-corrected chi connectivity index (χ2v) is 8.77. The molecule has 0 heterocycles. The van der Waals surface area contributed by atoms with Crippen LogP contribution in [0.2, 0.25) is 0 Å². The zero-order valence-electron chi connectivity index (χ0n) is 17.3. The Morgan fingerprint density at radius 2 is 1.52 bits per heavy atom. The Morgan fingerprint density at radius 1 is 0.939 bits per heavy atom. The SMILES string of the molecule is N=C(N)c1ccc(C(=O)Oc2ccc(S(=O)(=O)N[C@H](Cc3ccccc3)C(=O)O)cc2)cc1. The number of nitrogens with one attached hydrogen (secondary N) is 2. The fraction of sp³-hybridized carbons (Fsp3) is 0.0870. The van der Waals surface area contributed by atoms with Crippen molar-refractivity contribution >= 4 is 27.8 Å². The molecule has 0 aliphatic heterocycles. The van der Waals surface area contributed by atoms with E-state index in [1.807, 2.05) is 0 Å². The van der Waals surface area contributed by atoms with Gasteiger partial charge in [-0.15, -0.1) is 0 Å². The van der Waals surface area contributed by atoms with Crippen molar-refractivity contribution in [1.29, 1.82) is 5.41 Å². The molecule has 1 atom stereocenters. The van der Waals surface area contributed by atoms with E-state index in [2.05, 4.69) is 4.72 Å². The number of carbonyl (C=O) groups excluding carboxylic acids is 1. The van der Waals surface area contributed by atoms with Gasteiger partial charge in [-0.05, 0) is 48.4 Å². The van der Waals surface area contributed by atoms with Gasteiger partial charge in [-0.3, -0.25) is 10.2 Å². The van der Waals surface area contributed by atoms with Crippen LogP contribution < -0.4 is 15.2 Å². The summed E-state index contributed by atoms with van der Waals surface area (Å²) in [4.78, 5) is 23.7. The first-order chi connectivity index (χ1) is 15.7. The van der Waals surface area contributed by atoms with Gasteiger partial charge in [0.1, 0.15) is 17.6 Å². The first-order valence-corrected chi connectivity index (χ1v) is 11.2. The number of ether oxygens (including phenoxy) is 1. The quantitative estimate of drug-likeness (QED) is 0.162. The summed E-state index contributed by atoms with van der Waals surface area (Å²) in [5.41, 5.74) is 6.73. The highest BCUT2D eigenvalue weighted by Crippen LogP contribution is 2.18. The van der Waals surface area contributed by atoms with Crippen molar-refractivity contribution in [3.05, 3.63) is 95.6 Å². The van der Waals surface area contributed by atoms with E-state index in [0.717, 1.165) is 0 Å². The normalized spacial score (nSPS) is 12.0. The van der Waals surface area contributed by atoms with Gasteiger partial charge in [-0.2, -0.15) is 4.72 Å². The number of aliphatic carboxylic acids is 1. The summed E-state index contributed by atoms with van der Waals surface area (Å²) in [5, 5.41) is 16.8. The fourth-order valence-electron chi connectivity index (χ4n) is 2.92. The summed E-state index contributed by atoms with van der Waals surface area (Å²) in [5.74, 6) is -2.00. The van der Waals surface area contributed by atoms with Crippen LogP contribution in [-0.4, -0.2) is 37.3 Å². The third-order valence-corrected chi connectivity index (χ3v) is 6.14. The standard InChI is InChI=1S/C23H21N3O6S/c24-21(25)16-6-8-17(9-7-16)23(29)32-18-10-12-19(13-11-18)33(30,31)26-20(22(27)28)14-15-4-2-1-3-5-15/h1-13,20,26H,14H2,(H3,24,25)(H,27,28)/t20-/m1/s1. The van der Waals surface area contributed by atoms with Gasteiger partial charge in [0.15, 0.2) is 0 Å². The number of carbonyl (C=O) groups is 2. The maximum atomic E-state index is 12.7. The number of nitrogen functional groups attached to an aromatic ring is 1. The second kappa shape index (κ2) is 10.1. The van der Waals surface area contributed by atoms with Crippen molar-refractivity contribution < 1.29 is 27.9 Å². The minimum Gasteiger partial charge on any atom is -0.480 e. The van der Waals surface area contributed by atoms with E-state index in [9.17, 15) is 23.1 Å². The van der Waals surface area contributed by atoms with Crippen molar-refractivity contribution in [1.82, 2.24) is 4.72 Å². The van der Waals surface area contributed by atoms with Gasteiger partial charge >= 0.3 is 11.9 Å². The fourth-order valence-corrected chi connectivity index (χ4v) is 4.11. The molecule has 0 bridgehead atoms. The average molecular weight is 468 g/mol. The number of amidine groups is 1. The Bertz CT molecular complexity index is 1260. The van der Waals surface area contributed by atoms with E-state index in [0.29, 0.717) is 11.1 Å². The molecule has 33 heavy (non-hydrogen) atoms. The topological polar surface area (TPSA) is 160 Å². The molecule has 0 saturated carbocycles. The Labute approximate surface area is 190 Å². The summed E-state index contributed by atoms with van der Waals surface area (Å²) in [6.07, 6.45) is -0.0203. The highest BCUT2D eigenvalue weighted by atomic mass is 32.2. The van der Waals surface area contributed by atoms with Crippen molar-refractivity contribution in [2.24, 2.45) is 5.73 Å². The summed E-state index contributed by atoms with van der Waals surface area (Å²) >= 11 is 0. The molecule has 5 N–H and O–H groups in total. The number of carboxylic acid groups (broad SMARTS) is 1. The number of hydrogen-bond acceptors (Lipinski definition) is 6. The molecule has 0 spiro atoms. The molecule has 0 unspecified atom stereocenters. The van der Waals surface area contributed by atoms with Crippen LogP contribution in [0.25, 0.3) is 0 Å². The zero-order valence-corrected chi connectivity index (χ0v) is 18.1. The number of nitrogens with two attached hydrogens (primary N) is 1. The summed E-state index contributed by atoms with van der Waals surface area (Å²) in [6, 6.07) is 18.3. The number of carboxylic acids is 1. The predicted octanol–water partition coefficient (Wildman–Crippen LogP) is 2.16. The largest absolute Gasteiger partial charge is 0.480 e. The van der Waals surface area contributed by atoms with Crippen molar-refractivity contribution in [2.75, 3.05) is 0 Å². The van der Waals surface area contributed by atoms with Crippen LogP contribution in [-0.2, 0) is 21.2 Å². The maximum absolute atomic E-state index is 12.7. The first-order valence-electron chi connectivity index (χ1n) is 9.71. The molecule has 3 rings (SSSR count). The molecule has 0 aliphatic rings. The van der Waals surface area contributed by atoms with Crippen LogP contribution >= 0.6 is 0 Å². The lowest BCUT2D eigenvalue weighted by atomic mass is 10.1. The van der Waals surface area contributed by atoms with Gasteiger partial charge in [0.25, 0.3) is 0 Å². The van der Waals surface area contributed by atoms with Crippen LogP contribution in [0, 0.1) is 5.41 Å². The minimum atomic E-state index is -4.14. The molecule has 0 amide bonds. The Kier molecular flexibility index (Phi) is 7.21.